The van der Waals surface area contributed by atoms with Crippen LogP contribution >= 0.6 is 11.3 Å². The van der Waals surface area contributed by atoms with E-state index in [1.807, 2.05) is 13.8 Å². The zero-order chi connectivity index (χ0) is 26.0. The number of hydrogen-bond donors (Lipinski definition) is 2. The summed E-state index contributed by atoms with van der Waals surface area (Å²) in [5.74, 6) is -0.555. The van der Waals surface area contributed by atoms with Crippen molar-refractivity contribution in [2.75, 3.05) is 23.3 Å². The Morgan fingerprint density at radius 2 is 1.86 bits per heavy atom. The zero-order valence-corrected chi connectivity index (χ0v) is 22.7. The van der Waals surface area contributed by atoms with Crippen LogP contribution in [0.2, 0.25) is 0 Å². The van der Waals surface area contributed by atoms with E-state index in [0.717, 1.165) is 5.13 Å². The number of nitrogens with one attached hydrogen (secondary N) is 2. The van der Waals surface area contributed by atoms with Gasteiger partial charge in [0.1, 0.15) is 0 Å². The Kier molecular flexibility index (Phi) is 8.23. The van der Waals surface area contributed by atoms with Crippen LogP contribution in [0, 0.1) is 5.92 Å². The van der Waals surface area contributed by atoms with E-state index in [0.29, 0.717) is 42.1 Å². The van der Waals surface area contributed by atoms with Gasteiger partial charge in [-0.3, -0.25) is 9.59 Å². The second-order valence-corrected chi connectivity index (χ2v) is 12.7. The molecule has 192 valence electrons. The van der Waals surface area contributed by atoms with Crippen molar-refractivity contribution in [3.63, 3.8) is 0 Å². The normalized spacial score (nSPS) is 15.3. The van der Waals surface area contributed by atoms with Gasteiger partial charge in [-0.15, -0.1) is 0 Å². The molecule has 1 aromatic heterocycles. The standard InChI is InChI=1S/C24H34N4O5S2/c1-15(2)33-22(30)17-9-11-28(12-10-17)23-25-14-20(34-23)19-8-7-18(26-16(3)29)13-21(19)35(31,32)27-24(4,5)6/h7-8,13-15,17,27H,9-12H2,1-6H3,(H,26,29). The molecule has 1 aliphatic rings. The summed E-state index contributed by atoms with van der Waals surface area (Å²) < 4.78 is 34.6. The van der Waals surface area contributed by atoms with Crippen molar-refractivity contribution in [2.24, 2.45) is 5.92 Å². The maximum absolute atomic E-state index is 13.3. The van der Waals surface area contributed by atoms with Gasteiger partial charge in [0.2, 0.25) is 15.9 Å². The molecule has 9 nitrogen and oxygen atoms in total. The quantitative estimate of drug-likeness (QED) is 0.528. The Labute approximate surface area is 211 Å². The molecule has 0 unspecified atom stereocenters. The fourth-order valence-electron chi connectivity index (χ4n) is 3.86. The molecule has 1 amide bonds. The van der Waals surface area contributed by atoms with Crippen molar-refractivity contribution < 1.29 is 22.7 Å². The van der Waals surface area contributed by atoms with Crippen molar-refractivity contribution in [1.82, 2.24) is 9.71 Å². The highest BCUT2D eigenvalue weighted by Crippen LogP contribution is 2.37. The van der Waals surface area contributed by atoms with Crippen molar-refractivity contribution in [3.8, 4) is 10.4 Å². The van der Waals surface area contributed by atoms with Crippen molar-refractivity contribution >= 4 is 44.1 Å². The van der Waals surface area contributed by atoms with Crippen molar-refractivity contribution in [3.05, 3.63) is 24.4 Å². The lowest BCUT2D eigenvalue weighted by Gasteiger charge is -2.30. The molecule has 11 heteroatoms. The highest BCUT2D eigenvalue weighted by atomic mass is 32.2. The van der Waals surface area contributed by atoms with E-state index in [-0.39, 0.29) is 28.8 Å². The van der Waals surface area contributed by atoms with Crippen LogP contribution in [0.3, 0.4) is 0 Å². The molecule has 0 saturated carbocycles. The summed E-state index contributed by atoms with van der Waals surface area (Å²) >= 11 is 1.40. The molecule has 1 fully saturated rings. The summed E-state index contributed by atoms with van der Waals surface area (Å²) in [6, 6.07) is 4.84. The molecule has 1 saturated heterocycles. The van der Waals surface area contributed by atoms with Crippen molar-refractivity contribution in [2.45, 2.75) is 70.9 Å². The number of carbonyl (C=O) groups is 2. The SMILES string of the molecule is CC(=O)Nc1ccc(-c2cnc(N3CCC(C(=O)OC(C)C)CC3)s2)c(S(=O)(=O)NC(C)(C)C)c1. The minimum absolute atomic E-state index is 0.0732. The molecule has 3 rings (SSSR count). The van der Waals surface area contributed by atoms with E-state index in [4.69, 9.17) is 4.74 Å². The minimum Gasteiger partial charge on any atom is -0.463 e. The third kappa shape index (κ3) is 7.25. The third-order valence-corrected chi connectivity index (χ3v) is 8.13. The first-order valence-electron chi connectivity index (χ1n) is 11.6. The number of rotatable bonds is 7. The molecular weight excluding hydrogens is 488 g/mol. The summed E-state index contributed by atoms with van der Waals surface area (Å²) in [5, 5.41) is 3.42. The van der Waals surface area contributed by atoms with Crippen LogP contribution in [0.1, 0.15) is 54.4 Å². The van der Waals surface area contributed by atoms with Gasteiger partial charge in [-0.1, -0.05) is 17.4 Å². The van der Waals surface area contributed by atoms with E-state index < -0.39 is 15.6 Å². The average molecular weight is 523 g/mol. The van der Waals surface area contributed by atoms with Crippen LogP contribution < -0.4 is 14.9 Å². The van der Waals surface area contributed by atoms with Gasteiger partial charge in [-0.25, -0.2) is 18.1 Å². The number of nitrogens with zero attached hydrogens (tertiary/aromatic N) is 2. The van der Waals surface area contributed by atoms with Gasteiger partial charge in [-0.2, -0.15) is 0 Å². The van der Waals surface area contributed by atoms with Gasteiger partial charge in [0.25, 0.3) is 0 Å². The number of esters is 1. The minimum atomic E-state index is -3.88. The fourth-order valence-corrected chi connectivity index (χ4v) is 6.60. The Bertz CT molecular complexity index is 1180. The number of carbonyl (C=O) groups excluding carboxylic acids is 2. The van der Waals surface area contributed by atoms with E-state index in [9.17, 15) is 18.0 Å². The van der Waals surface area contributed by atoms with E-state index >= 15 is 0 Å². The van der Waals surface area contributed by atoms with Gasteiger partial charge in [0.15, 0.2) is 5.13 Å². The zero-order valence-electron chi connectivity index (χ0n) is 21.0. The number of amides is 1. The molecule has 2 heterocycles. The third-order valence-electron chi connectivity index (χ3n) is 5.24. The smallest absolute Gasteiger partial charge is 0.309 e. The molecule has 2 aromatic rings. The molecule has 2 N–H and O–H groups in total. The number of hydrogen-bond acceptors (Lipinski definition) is 8. The van der Waals surface area contributed by atoms with Crippen LogP contribution in [0.25, 0.3) is 10.4 Å². The summed E-state index contributed by atoms with van der Waals surface area (Å²) in [6.45, 7) is 11.7. The lowest BCUT2D eigenvalue weighted by molar-refractivity contribution is -0.153. The first-order chi connectivity index (χ1) is 16.2. The molecule has 35 heavy (non-hydrogen) atoms. The van der Waals surface area contributed by atoms with E-state index in [1.165, 1.54) is 24.3 Å². The summed E-state index contributed by atoms with van der Waals surface area (Å²) in [6.07, 6.45) is 2.90. The molecule has 0 atom stereocenters. The van der Waals surface area contributed by atoms with E-state index in [2.05, 4.69) is 19.9 Å². The predicted molar refractivity (Wildman–Crippen MR) is 138 cm³/mol. The molecule has 0 spiro atoms. The number of ether oxygens (including phenoxy) is 1. The van der Waals surface area contributed by atoms with Gasteiger partial charge in [0, 0.05) is 43.0 Å². The summed E-state index contributed by atoms with van der Waals surface area (Å²) in [7, 11) is -3.88. The Morgan fingerprint density at radius 1 is 1.20 bits per heavy atom. The number of anilines is 2. The monoisotopic (exact) mass is 522 g/mol. The number of aromatic nitrogens is 1. The van der Waals surface area contributed by atoms with Crippen LogP contribution in [0.5, 0.6) is 0 Å². The Hall–Kier alpha value is -2.50. The topological polar surface area (TPSA) is 118 Å². The summed E-state index contributed by atoms with van der Waals surface area (Å²) in [5.41, 5.74) is 0.227. The molecular formula is C24H34N4O5S2. The second kappa shape index (κ2) is 10.6. The van der Waals surface area contributed by atoms with Gasteiger partial charge < -0.3 is 15.0 Å². The largest absolute Gasteiger partial charge is 0.463 e. The van der Waals surface area contributed by atoms with E-state index in [1.54, 1.807) is 39.1 Å². The summed E-state index contributed by atoms with van der Waals surface area (Å²) in [4.78, 5) is 31.2. The maximum Gasteiger partial charge on any atom is 0.309 e. The fraction of sp³-hybridized carbons (Fsp3) is 0.542. The Morgan fingerprint density at radius 3 is 2.43 bits per heavy atom. The van der Waals surface area contributed by atoms with Gasteiger partial charge >= 0.3 is 5.97 Å². The van der Waals surface area contributed by atoms with Crippen LogP contribution in [0.15, 0.2) is 29.3 Å². The highest BCUT2D eigenvalue weighted by molar-refractivity contribution is 7.89. The van der Waals surface area contributed by atoms with Crippen LogP contribution in [0.4, 0.5) is 10.8 Å². The lowest BCUT2D eigenvalue weighted by atomic mass is 9.97. The molecule has 0 bridgehead atoms. The average Bonchev–Trinajstić information content (AvgIpc) is 3.21. The lowest BCUT2D eigenvalue weighted by Crippen LogP contribution is -2.40. The van der Waals surface area contributed by atoms with Crippen LogP contribution in [-0.4, -0.2) is 50.0 Å². The molecule has 1 aliphatic heterocycles. The maximum atomic E-state index is 13.3. The molecule has 1 aromatic carbocycles. The van der Waals surface area contributed by atoms with Gasteiger partial charge in [-0.05, 0) is 59.6 Å². The highest BCUT2D eigenvalue weighted by Gasteiger charge is 2.29. The first-order valence-corrected chi connectivity index (χ1v) is 13.9. The first kappa shape index (κ1) is 27.1. The second-order valence-electron chi connectivity index (χ2n) is 10.0. The molecule has 0 radical (unpaired) electrons. The predicted octanol–water partition coefficient (Wildman–Crippen LogP) is 4.01. The number of thiazole rings is 1. The number of benzene rings is 1. The van der Waals surface area contributed by atoms with Gasteiger partial charge in [0.05, 0.1) is 21.8 Å². The molecule has 0 aliphatic carbocycles. The van der Waals surface area contributed by atoms with Crippen molar-refractivity contribution in [1.29, 1.82) is 0 Å². The Balaban J connectivity index is 1.86. The van der Waals surface area contributed by atoms with Crippen LogP contribution in [-0.2, 0) is 24.3 Å². The number of sulfonamides is 1. The number of piperidine rings is 1.